The van der Waals surface area contributed by atoms with Crippen LogP contribution in [0.5, 0.6) is 17.2 Å². The van der Waals surface area contributed by atoms with E-state index in [0.717, 1.165) is 11.3 Å². The number of carbonyl (C=O) groups excluding carboxylic acids is 2. The first kappa shape index (κ1) is 26.0. The molecule has 3 atom stereocenters. The fourth-order valence-corrected chi connectivity index (χ4v) is 4.97. The maximum atomic E-state index is 13.9. The Morgan fingerprint density at radius 2 is 1.59 bits per heavy atom. The summed E-state index contributed by atoms with van der Waals surface area (Å²) in [6.07, 6.45) is -0.348. The molecule has 11 heteroatoms. The van der Waals surface area contributed by atoms with Crippen molar-refractivity contribution in [3.05, 3.63) is 82.4 Å². The largest absolute Gasteiger partial charge is 0.494 e. The lowest BCUT2D eigenvalue weighted by Crippen LogP contribution is -2.37. The molecule has 3 aromatic carbocycles. The average Bonchev–Trinajstić information content (AvgIpc) is 3.47. The van der Waals surface area contributed by atoms with E-state index in [1.807, 2.05) is 6.92 Å². The maximum Gasteiger partial charge on any atom is 0.278 e. The molecule has 2 aliphatic rings. The van der Waals surface area contributed by atoms with E-state index >= 15 is 0 Å². The van der Waals surface area contributed by atoms with Crippen LogP contribution in [-0.2, 0) is 14.4 Å². The van der Waals surface area contributed by atoms with Crippen LogP contribution in [0.15, 0.2) is 66.7 Å². The molecule has 3 unspecified atom stereocenters. The smallest absolute Gasteiger partial charge is 0.278 e. The summed E-state index contributed by atoms with van der Waals surface area (Å²) in [6, 6.07) is 17.2. The van der Waals surface area contributed by atoms with Crippen LogP contribution in [0.25, 0.3) is 0 Å². The molecule has 0 aromatic heterocycles. The number of imide groups is 1. The standard InChI is InChI=1S/C28H27N3O8/c1-4-14-38-19-12-10-17(11-13-19)29-27(32)24-25(20-15-22(36-2)23(37-3)16-21(20)31(34)35)30(39-26(24)28(29)33)18-8-6-5-7-9-18/h5-13,15-16,24-26H,4,14H2,1-3H3. The number of hydrogen-bond acceptors (Lipinski definition) is 9. The molecule has 0 spiro atoms. The van der Waals surface area contributed by atoms with Gasteiger partial charge in [0, 0.05) is 0 Å². The van der Waals surface area contributed by atoms with Crippen LogP contribution < -0.4 is 24.2 Å². The Balaban J connectivity index is 1.60. The van der Waals surface area contributed by atoms with Crippen LogP contribution in [0.2, 0.25) is 0 Å². The van der Waals surface area contributed by atoms with Gasteiger partial charge in [-0.1, -0.05) is 25.1 Å². The van der Waals surface area contributed by atoms with E-state index in [1.54, 1.807) is 54.6 Å². The predicted octanol–water partition coefficient (Wildman–Crippen LogP) is 4.45. The van der Waals surface area contributed by atoms with Gasteiger partial charge in [-0.05, 0) is 48.9 Å². The summed E-state index contributed by atoms with van der Waals surface area (Å²) in [6.45, 7) is 2.53. The molecule has 5 rings (SSSR count). The molecule has 2 heterocycles. The number of methoxy groups -OCH3 is 2. The minimum atomic E-state index is -1.19. The molecule has 0 N–H and O–H groups in total. The van der Waals surface area contributed by atoms with E-state index in [2.05, 4.69) is 0 Å². The lowest BCUT2D eigenvalue weighted by Gasteiger charge is -2.29. The van der Waals surface area contributed by atoms with Gasteiger partial charge in [0.05, 0.1) is 48.8 Å². The number of rotatable bonds is 9. The van der Waals surface area contributed by atoms with Gasteiger partial charge in [0.2, 0.25) is 5.91 Å². The second-order valence-corrected chi connectivity index (χ2v) is 9.04. The number of anilines is 2. The summed E-state index contributed by atoms with van der Waals surface area (Å²) >= 11 is 0. The molecule has 0 radical (unpaired) electrons. The Labute approximate surface area is 224 Å². The Bertz CT molecular complexity index is 1400. The summed E-state index contributed by atoms with van der Waals surface area (Å²) in [7, 11) is 2.79. The lowest BCUT2D eigenvalue weighted by molar-refractivity contribution is -0.385. The second kappa shape index (κ2) is 10.6. The molecular formula is C28H27N3O8. The molecule has 2 amide bonds. The Kier molecular flexibility index (Phi) is 7.07. The highest BCUT2D eigenvalue weighted by molar-refractivity contribution is 6.24. The first-order valence-electron chi connectivity index (χ1n) is 12.4. The second-order valence-electron chi connectivity index (χ2n) is 9.04. The Morgan fingerprint density at radius 1 is 0.923 bits per heavy atom. The Hall–Kier alpha value is -4.64. The van der Waals surface area contributed by atoms with E-state index in [-0.39, 0.29) is 22.7 Å². The van der Waals surface area contributed by atoms with Gasteiger partial charge in [-0.15, -0.1) is 0 Å². The minimum Gasteiger partial charge on any atom is -0.494 e. The minimum absolute atomic E-state index is 0.153. The van der Waals surface area contributed by atoms with Crippen molar-refractivity contribution in [2.75, 3.05) is 30.8 Å². The number of nitro groups is 1. The van der Waals surface area contributed by atoms with Gasteiger partial charge in [0.15, 0.2) is 17.6 Å². The van der Waals surface area contributed by atoms with Gasteiger partial charge in [0.25, 0.3) is 11.6 Å². The average molecular weight is 534 g/mol. The third kappa shape index (κ3) is 4.50. The molecule has 39 heavy (non-hydrogen) atoms. The summed E-state index contributed by atoms with van der Waals surface area (Å²) in [4.78, 5) is 46.3. The van der Waals surface area contributed by atoms with E-state index in [9.17, 15) is 19.7 Å². The normalized spacial score (nSPS) is 20.2. The monoisotopic (exact) mass is 533 g/mol. The van der Waals surface area contributed by atoms with Gasteiger partial charge in [0.1, 0.15) is 17.7 Å². The van der Waals surface area contributed by atoms with Crippen molar-refractivity contribution in [3.8, 4) is 17.2 Å². The number of fused-ring (bicyclic) bond motifs is 1. The third-order valence-electron chi connectivity index (χ3n) is 6.74. The summed E-state index contributed by atoms with van der Waals surface area (Å²) in [5, 5.41) is 13.6. The Morgan fingerprint density at radius 3 is 2.21 bits per heavy atom. The molecule has 2 aliphatic heterocycles. The van der Waals surface area contributed by atoms with E-state index < -0.39 is 34.8 Å². The highest BCUT2D eigenvalue weighted by Crippen LogP contribution is 2.51. The quantitative estimate of drug-likeness (QED) is 0.223. The first-order valence-corrected chi connectivity index (χ1v) is 12.4. The molecule has 11 nitrogen and oxygen atoms in total. The lowest BCUT2D eigenvalue weighted by atomic mass is 9.89. The summed E-state index contributed by atoms with van der Waals surface area (Å²) in [5.41, 5.74) is 0.753. The van der Waals surface area contributed by atoms with Crippen molar-refractivity contribution in [1.29, 1.82) is 0 Å². The van der Waals surface area contributed by atoms with Crippen molar-refractivity contribution in [2.24, 2.45) is 5.92 Å². The van der Waals surface area contributed by atoms with Gasteiger partial charge in [-0.25, -0.2) is 9.96 Å². The van der Waals surface area contributed by atoms with Crippen molar-refractivity contribution in [2.45, 2.75) is 25.5 Å². The van der Waals surface area contributed by atoms with Crippen LogP contribution in [-0.4, -0.2) is 43.7 Å². The van der Waals surface area contributed by atoms with Gasteiger partial charge < -0.3 is 14.2 Å². The fraction of sp³-hybridized carbons (Fsp3) is 0.286. The predicted molar refractivity (Wildman–Crippen MR) is 141 cm³/mol. The maximum absolute atomic E-state index is 13.9. The van der Waals surface area contributed by atoms with Crippen LogP contribution in [0.4, 0.5) is 17.1 Å². The van der Waals surface area contributed by atoms with Gasteiger partial charge >= 0.3 is 0 Å². The van der Waals surface area contributed by atoms with Crippen LogP contribution in [0.3, 0.4) is 0 Å². The number of para-hydroxylation sites is 1. The molecule has 2 saturated heterocycles. The molecule has 202 valence electrons. The highest BCUT2D eigenvalue weighted by atomic mass is 16.7. The van der Waals surface area contributed by atoms with E-state index in [0.29, 0.717) is 23.7 Å². The zero-order valence-corrected chi connectivity index (χ0v) is 21.6. The molecule has 3 aromatic rings. The highest BCUT2D eigenvalue weighted by Gasteiger charge is 2.61. The van der Waals surface area contributed by atoms with Crippen molar-refractivity contribution < 1.29 is 33.6 Å². The molecule has 0 bridgehead atoms. The van der Waals surface area contributed by atoms with Crippen LogP contribution >= 0.6 is 0 Å². The van der Waals surface area contributed by atoms with E-state index in [4.69, 9.17) is 19.0 Å². The summed E-state index contributed by atoms with van der Waals surface area (Å²) < 4.78 is 16.3. The molecule has 0 aliphatic carbocycles. The molecule has 2 fully saturated rings. The van der Waals surface area contributed by atoms with Crippen LogP contribution in [0.1, 0.15) is 24.9 Å². The fourth-order valence-electron chi connectivity index (χ4n) is 4.97. The topological polar surface area (TPSA) is 121 Å². The number of benzene rings is 3. The number of amides is 2. The van der Waals surface area contributed by atoms with Gasteiger partial charge in [-0.3, -0.25) is 24.5 Å². The number of hydrogen-bond donors (Lipinski definition) is 0. The number of ether oxygens (including phenoxy) is 3. The van der Waals surface area contributed by atoms with Crippen molar-refractivity contribution in [1.82, 2.24) is 0 Å². The molecular weight excluding hydrogens is 506 g/mol. The van der Waals surface area contributed by atoms with Crippen molar-refractivity contribution >= 4 is 28.9 Å². The van der Waals surface area contributed by atoms with Gasteiger partial charge in [-0.2, -0.15) is 0 Å². The number of nitro benzene ring substituents is 1. The zero-order valence-electron chi connectivity index (χ0n) is 21.6. The van der Waals surface area contributed by atoms with E-state index in [1.165, 1.54) is 31.4 Å². The zero-order chi connectivity index (χ0) is 27.7. The van der Waals surface area contributed by atoms with Crippen LogP contribution in [0, 0.1) is 16.0 Å². The molecule has 0 saturated carbocycles. The SMILES string of the molecule is CCCOc1ccc(N2C(=O)C3ON(c4ccccc4)C(c4cc(OC)c(OC)cc4[N+](=O)[O-])C3C2=O)cc1. The first-order chi connectivity index (χ1) is 18.9. The summed E-state index contributed by atoms with van der Waals surface area (Å²) in [5.74, 6) is -1.13. The van der Waals surface area contributed by atoms with Crippen molar-refractivity contribution in [3.63, 3.8) is 0 Å². The number of carbonyl (C=O) groups is 2. The third-order valence-corrected chi connectivity index (χ3v) is 6.74. The number of hydroxylamine groups is 1. The number of nitrogens with zero attached hydrogens (tertiary/aromatic N) is 3.